The van der Waals surface area contributed by atoms with E-state index >= 15 is 0 Å². The molecule has 1 spiro atoms. The molecule has 21 heavy (non-hydrogen) atoms. The van der Waals surface area contributed by atoms with E-state index in [-0.39, 0.29) is 10.4 Å². The molecule has 1 saturated carbocycles. The molecule has 6 heteroatoms. The van der Waals surface area contributed by atoms with E-state index in [9.17, 15) is 4.39 Å². The summed E-state index contributed by atoms with van der Waals surface area (Å²) in [7, 11) is 0. The Kier molecular flexibility index (Phi) is 2.98. The van der Waals surface area contributed by atoms with Crippen LogP contribution in [0.2, 0.25) is 5.02 Å². The van der Waals surface area contributed by atoms with Crippen LogP contribution in [-0.4, -0.2) is 16.5 Å². The first-order valence-electron chi connectivity index (χ1n) is 6.85. The fourth-order valence-corrected chi connectivity index (χ4v) is 3.63. The largest absolute Gasteiger partial charge is 0.324 e. The topological polar surface area (TPSA) is 29.0 Å². The minimum absolute atomic E-state index is 0.0717. The van der Waals surface area contributed by atoms with Crippen molar-refractivity contribution in [2.24, 2.45) is 0 Å². The summed E-state index contributed by atoms with van der Waals surface area (Å²) in [4.78, 5) is 11.2. The van der Waals surface area contributed by atoms with E-state index in [0.29, 0.717) is 0 Å². The average molecular weight is 369 g/mol. The van der Waals surface area contributed by atoms with Crippen LogP contribution in [0.3, 0.4) is 0 Å². The molecule has 1 fully saturated rings. The minimum atomic E-state index is -0.407. The second-order valence-electron chi connectivity index (χ2n) is 5.68. The zero-order chi connectivity index (χ0) is 14.6. The standard InChI is InChI=1S/C15H12BrClFN3/c16-12-7-19-14-13(20-12)15(4-1-5-15)8-21(14)9-2-3-10(17)11(18)6-9/h2-3,6-7H,1,4-5,8H2. The van der Waals surface area contributed by atoms with Crippen molar-refractivity contribution in [2.75, 3.05) is 11.4 Å². The van der Waals surface area contributed by atoms with Crippen LogP contribution in [0.4, 0.5) is 15.9 Å². The highest BCUT2D eigenvalue weighted by atomic mass is 79.9. The molecule has 3 nitrogen and oxygen atoms in total. The summed E-state index contributed by atoms with van der Waals surface area (Å²) >= 11 is 9.17. The van der Waals surface area contributed by atoms with Gasteiger partial charge in [-0.15, -0.1) is 0 Å². The van der Waals surface area contributed by atoms with E-state index in [4.69, 9.17) is 11.6 Å². The molecule has 0 amide bonds. The van der Waals surface area contributed by atoms with Crippen LogP contribution in [0.15, 0.2) is 29.0 Å². The van der Waals surface area contributed by atoms with Gasteiger partial charge in [-0.1, -0.05) is 18.0 Å². The van der Waals surface area contributed by atoms with Crippen LogP contribution in [0.1, 0.15) is 25.0 Å². The van der Waals surface area contributed by atoms with Crippen LogP contribution in [0.5, 0.6) is 0 Å². The Hall–Kier alpha value is -1.20. The second-order valence-corrected chi connectivity index (χ2v) is 6.90. The van der Waals surface area contributed by atoms with Gasteiger partial charge >= 0.3 is 0 Å². The van der Waals surface area contributed by atoms with E-state index in [1.54, 1.807) is 12.3 Å². The molecule has 0 unspecified atom stereocenters. The number of rotatable bonds is 1. The number of hydrogen-bond acceptors (Lipinski definition) is 3. The van der Waals surface area contributed by atoms with E-state index in [1.165, 1.54) is 12.5 Å². The average Bonchev–Trinajstić information content (AvgIpc) is 2.76. The van der Waals surface area contributed by atoms with Crippen molar-refractivity contribution in [1.82, 2.24) is 9.97 Å². The molecule has 4 rings (SSSR count). The van der Waals surface area contributed by atoms with Crippen LogP contribution in [0.25, 0.3) is 0 Å². The van der Waals surface area contributed by atoms with Crippen molar-refractivity contribution in [3.05, 3.63) is 45.5 Å². The molecule has 1 aliphatic heterocycles. The third kappa shape index (κ3) is 1.98. The molecular weight excluding hydrogens is 357 g/mol. The first kappa shape index (κ1) is 13.5. The van der Waals surface area contributed by atoms with Crippen molar-refractivity contribution >= 4 is 39.0 Å². The van der Waals surface area contributed by atoms with Gasteiger partial charge in [0.15, 0.2) is 5.82 Å². The quantitative estimate of drug-likeness (QED) is 0.736. The Bertz CT molecular complexity index is 733. The number of benzene rings is 1. The molecular formula is C15H12BrClFN3. The van der Waals surface area contributed by atoms with Gasteiger partial charge in [-0.2, -0.15) is 0 Å². The summed E-state index contributed by atoms with van der Waals surface area (Å²) in [5.74, 6) is 0.426. The van der Waals surface area contributed by atoms with Crippen LogP contribution < -0.4 is 4.90 Å². The highest BCUT2D eigenvalue weighted by molar-refractivity contribution is 9.10. The maximum absolute atomic E-state index is 13.8. The fourth-order valence-electron chi connectivity index (χ4n) is 3.23. The lowest BCUT2D eigenvalue weighted by atomic mass is 9.68. The molecule has 1 aromatic heterocycles. The fraction of sp³-hybridized carbons (Fsp3) is 0.333. The number of halogens is 3. The molecule has 0 atom stereocenters. The Morgan fingerprint density at radius 3 is 2.81 bits per heavy atom. The Balaban J connectivity index is 1.83. The van der Waals surface area contributed by atoms with Gasteiger partial charge in [0, 0.05) is 17.6 Å². The molecule has 108 valence electrons. The Labute approximate surface area is 135 Å². The van der Waals surface area contributed by atoms with Gasteiger partial charge in [0.1, 0.15) is 10.4 Å². The normalized spacial score (nSPS) is 18.7. The van der Waals surface area contributed by atoms with Crippen molar-refractivity contribution in [2.45, 2.75) is 24.7 Å². The summed E-state index contributed by atoms with van der Waals surface area (Å²) in [6.07, 6.45) is 5.11. The third-order valence-corrected chi connectivity index (χ3v) is 5.16. The highest BCUT2D eigenvalue weighted by Crippen LogP contribution is 2.53. The number of hydrogen-bond donors (Lipinski definition) is 0. The molecule has 2 aromatic rings. The van der Waals surface area contributed by atoms with Crippen molar-refractivity contribution < 1.29 is 4.39 Å². The summed E-state index contributed by atoms with van der Waals surface area (Å²) in [5, 5.41) is 0.137. The van der Waals surface area contributed by atoms with Gasteiger partial charge in [-0.3, -0.25) is 0 Å². The predicted molar refractivity (Wildman–Crippen MR) is 83.7 cm³/mol. The van der Waals surface area contributed by atoms with Crippen molar-refractivity contribution in [1.29, 1.82) is 0 Å². The van der Waals surface area contributed by atoms with Gasteiger partial charge in [0.25, 0.3) is 0 Å². The molecule has 2 aliphatic rings. The van der Waals surface area contributed by atoms with Crippen molar-refractivity contribution in [3.8, 4) is 0 Å². The summed E-state index contributed by atoms with van der Waals surface area (Å²) in [5.41, 5.74) is 1.87. The zero-order valence-electron chi connectivity index (χ0n) is 11.1. The van der Waals surface area contributed by atoms with Gasteiger partial charge < -0.3 is 4.90 Å². The molecule has 1 aromatic carbocycles. The molecule has 0 bridgehead atoms. The maximum atomic E-state index is 13.8. The summed E-state index contributed by atoms with van der Waals surface area (Å²) < 4.78 is 14.5. The molecule has 2 heterocycles. The van der Waals surface area contributed by atoms with Gasteiger partial charge in [-0.25, -0.2) is 14.4 Å². The lowest BCUT2D eigenvalue weighted by Crippen LogP contribution is -2.38. The number of nitrogens with zero attached hydrogens (tertiary/aromatic N) is 3. The molecule has 0 saturated heterocycles. The van der Waals surface area contributed by atoms with Crippen LogP contribution in [0, 0.1) is 5.82 Å². The van der Waals surface area contributed by atoms with Crippen LogP contribution in [-0.2, 0) is 5.41 Å². The van der Waals surface area contributed by atoms with Crippen LogP contribution >= 0.6 is 27.5 Å². The van der Waals surface area contributed by atoms with Gasteiger partial charge in [0.05, 0.1) is 16.9 Å². The van der Waals surface area contributed by atoms with Gasteiger partial charge in [0.2, 0.25) is 0 Å². The SMILES string of the molecule is Fc1cc(N2CC3(CCC3)c3nc(Br)cnc32)ccc1Cl. The first-order chi connectivity index (χ1) is 10.1. The van der Waals surface area contributed by atoms with E-state index in [2.05, 4.69) is 25.9 Å². The smallest absolute Gasteiger partial charge is 0.155 e. The highest BCUT2D eigenvalue weighted by Gasteiger charge is 2.49. The zero-order valence-corrected chi connectivity index (χ0v) is 13.5. The molecule has 0 radical (unpaired) electrons. The first-order valence-corrected chi connectivity index (χ1v) is 8.02. The monoisotopic (exact) mass is 367 g/mol. The van der Waals surface area contributed by atoms with E-state index in [0.717, 1.165) is 41.2 Å². The minimum Gasteiger partial charge on any atom is -0.324 e. The van der Waals surface area contributed by atoms with Gasteiger partial charge in [-0.05, 0) is 47.0 Å². The lowest BCUT2D eigenvalue weighted by Gasteiger charge is -2.37. The van der Waals surface area contributed by atoms with E-state index in [1.807, 2.05) is 11.0 Å². The van der Waals surface area contributed by atoms with Crippen molar-refractivity contribution in [3.63, 3.8) is 0 Å². The second kappa shape index (κ2) is 4.65. The number of aromatic nitrogens is 2. The predicted octanol–water partition coefficient (Wildman–Crippen LogP) is 4.61. The maximum Gasteiger partial charge on any atom is 0.155 e. The Morgan fingerprint density at radius 2 is 2.14 bits per heavy atom. The Morgan fingerprint density at radius 1 is 1.33 bits per heavy atom. The summed E-state index contributed by atoms with van der Waals surface area (Å²) in [6.45, 7) is 0.805. The lowest BCUT2D eigenvalue weighted by molar-refractivity contribution is 0.260. The number of fused-ring (bicyclic) bond motifs is 2. The summed E-state index contributed by atoms with van der Waals surface area (Å²) in [6, 6.07) is 4.88. The molecule has 0 N–H and O–H groups in total. The molecule has 1 aliphatic carbocycles. The number of anilines is 2. The van der Waals surface area contributed by atoms with E-state index < -0.39 is 5.82 Å². The third-order valence-electron chi connectivity index (χ3n) is 4.47.